The molecule has 0 saturated carbocycles. The third-order valence-electron chi connectivity index (χ3n) is 6.16. The molecule has 0 aliphatic carbocycles. The Morgan fingerprint density at radius 1 is 0.886 bits per heavy atom. The first-order valence-electron chi connectivity index (χ1n) is 11.7. The molecule has 3 amide bonds. The molecular weight excluding hydrogens is 442 g/mol. The number of carbonyl (C=O) groups is 3. The molecule has 0 bridgehead atoms. The van der Waals surface area contributed by atoms with Crippen LogP contribution in [0.2, 0.25) is 0 Å². The van der Waals surface area contributed by atoms with Crippen LogP contribution in [0.25, 0.3) is 0 Å². The number of benzene rings is 3. The van der Waals surface area contributed by atoms with Crippen molar-refractivity contribution < 1.29 is 19.1 Å². The molecule has 2 atom stereocenters. The topological polar surface area (TPSA) is 87.7 Å². The number of hydrogen-bond acceptors (Lipinski definition) is 4. The monoisotopic (exact) mass is 471 g/mol. The van der Waals surface area contributed by atoms with Gasteiger partial charge in [-0.15, -0.1) is 0 Å². The molecule has 7 heteroatoms. The van der Waals surface area contributed by atoms with Crippen molar-refractivity contribution in [2.24, 2.45) is 0 Å². The first-order chi connectivity index (χ1) is 16.9. The van der Waals surface area contributed by atoms with Gasteiger partial charge in [-0.2, -0.15) is 0 Å². The lowest BCUT2D eigenvalue weighted by Gasteiger charge is -2.26. The van der Waals surface area contributed by atoms with Gasteiger partial charge in [0.1, 0.15) is 6.10 Å². The third-order valence-corrected chi connectivity index (χ3v) is 6.16. The molecule has 1 saturated heterocycles. The van der Waals surface area contributed by atoms with Gasteiger partial charge in [-0.25, -0.2) is 0 Å². The van der Waals surface area contributed by atoms with Crippen LogP contribution in [0.15, 0.2) is 78.9 Å². The fourth-order valence-electron chi connectivity index (χ4n) is 4.01. The van der Waals surface area contributed by atoms with Gasteiger partial charge >= 0.3 is 0 Å². The molecule has 0 radical (unpaired) electrons. The fraction of sp³-hybridized carbons (Fsp3) is 0.250. The largest absolute Gasteiger partial charge is 0.368 e. The second-order valence-electron chi connectivity index (χ2n) is 8.61. The summed E-state index contributed by atoms with van der Waals surface area (Å²) in [4.78, 5) is 39.7. The van der Waals surface area contributed by atoms with E-state index in [0.29, 0.717) is 35.5 Å². The van der Waals surface area contributed by atoms with Crippen LogP contribution in [0.1, 0.15) is 52.1 Å². The van der Waals surface area contributed by atoms with Gasteiger partial charge in [0.25, 0.3) is 17.7 Å². The van der Waals surface area contributed by atoms with Gasteiger partial charge in [0.15, 0.2) is 0 Å². The summed E-state index contributed by atoms with van der Waals surface area (Å²) >= 11 is 0. The van der Waals surface area contributed by atoms with E-state index in [4.69, 9.17) is 4.74 Å². The summed E-state index contributed by atoms with van der Waals surface area (Å²) in [7, 11) is 1.74. The van der Waals surface area contributed by atoms with Gasteiger partial charge < -0.3 is 20.3 Å². The zero-order valence-electron chi connectivity index (χ0n) is 19.9. The molecule has 1 aliphatic rings. The summed E-state index contributed by atoms with van der Waals surface area (Å²) in [6, 6.07) is 23.1. The van der Waals surface area contributed by atoms with Crippen molar-refractivity contribution in [3.8, 4) is 0 Å². The highest BCUT2D eigenvalue weighted by Gasteiger charge is 2.24. The number of ether oxygens (including phenoxy) is 1. The Kier molecular flexibility index (Phi) is 7.57. The van der Waals surface area contributed by atoms with Crippen molar-refractivity contribution >= 4 is 29.1 Å². The number of nitrogens with zero attached hydrogens (tertiary/aromatic N) is 1. The van der Waals surface area contributed by atoms with Crippen LogP contribution < -0.4 is 10.6 Å². The van der Waals surface area contributed by atoms with E-state index in [0.717, 1.165) is 12.0 Å². The van der Waals surface area contributed by atoms with Gasteiger partial charge in [-0.1, -0.05) is 36.4 Å². The highest BCUT2D eigenvalue weighted by molar-refractivity contribution is 6.04. The average Bonchev–Trinajstić information content (AvgIpc) is 3.44. The Morgan fingerprint density at radius 3 is 2.29 bits per heavy atom. The van der Waals surface area contributed by atoms with Gasteiger partial charge in [-0.3, -0.25) is 14.4 Å². The molecule has 35 heavy (non-hydrogen) atoms. The van der Waals surface area contributed by atoms with Gasteiger partial charge in [0, 0.05) is 36.2 Å². The number of amides is 3. The molecule has 2 N–H and O–H groups in total. The van der Waals surface area contributed by atoms with Gasteiger partial charge in [-0.05, 0) is 67.8 Å². The smallest absolute Gasteiger partial charge is 0.255 e. The number of nitrogens with one attached hydrogen (secondary N) is 2. The minimum atomic E-state index is -0.438. The molecular formula is C28H29N3O4. The summed E-state index contributed by atoms with van der Waals surface area (Å²) in [6.45, 7) is 2.52. The van der Waals surface area contributed by atoms with Crippen molar-refractivity contribution in [2.45, 2.75) is 31.9 Å². The minimum Gasteiger partial charge on any atom is -0.368 e. The van der Waals surface area contributed by atoms with E-state index < -0.39 is 6.10 Å². The number of carbonyl (C=O) groups excluding carboxylic acids is 3. The van der Waals surface area contributed by atoms with E-state index in [9.17, 15) is 14.4 Å². The number of rotatable bonds is 7. The first kappa shape index (κ1) is 24.2. The molecule has 1 aliphatic heterocycles. The van der Waals surface area contributed by atoms with E-state index in [2.05, 4.69) is 10.6 Å². The lowest BCUT2D eigenvalue weighted by atomic mass is 10.0. The predicted molar refractivity (Wildman–Crippen MR) is 135 cm³/mol. The summed E-state index contributed by atoms with van der Waals surface area (Å²) in [5, 5.41) is 5.75. The van der Waals surface area contributed by atoms with Crippen LogP contribution in [0.3, 0.4) is 0 Å². The van der Waals surface area contributed by atoms with Gasteiger partial charge in [0.05, 0.1) is 6.04 Å². The van der Waals surface area contributed by atoms with Crippen LogP contribution in [-0.2, 0) is 9.53 Å². The molecule has 1 heterocycles. The maximum Gasteiger partial charge on any atom is 0.255 e. The zero-order chi connectivity index (χ0) is 24.8. The normalized spacial score (nSPS) is 15.8. The summed E-state index contributed by atoms with van der Waals surface area (Å²) in [5.74, 6) is -0.561. The Balaban J connectivity index is 1.43. The highest BCUT2D eigenvalue weighted by atomic mass is 16.5. The Hall–Kier alpha value is -3.97. The molecule has 3 aromatic rings. The van der Waals surface area contributed by atoms with Gasteiger partial charge in [0.2, 0.25) is 0 Å². The van der Waals surface area contributed by atoms with Crippen LogP contribution in [-0.4, -0.2) is 42.4 Å². The zero-order valence-corrected chi connectivity index (χ0v) is 19.9. The van der Waals surface area contributed by atoms with Crippen LogP contribution in [0.4, 0.5) is 11.4 Å². The Labute approximate surface area is 205 Å². The number of hydrogen-bond donors (Lipinski definition) is 2. The minimum absolute atomic E-state index is 0.176. The average molecular weight is 472 g/mol. The predicted octanol–water partition coefficient (Wildman–Crippen LogP) is 4.89. The van der Waals surface area contributed by atoms with Crippen molar-refractivity contribution in [2.75, 3.05) is 24.3 Å². The van der Waals surface area contributed by atoms with Crippen molar-refractivity contribution in [3.63, 3.8) is 0 Å². The molecule has 0 aromatic heterocycles. The van der Waals surface area contributed by atoms with E-state index in [1.54, 1.807) is 48.3 Å². The Morgan fingerprint density at radius 2 is 1.57 bits per heavy atom. The number of anilines is 2. The second kappa shape index (κ2) is 11.0. The fourth-order valence-corrected chi connectivity index (χ4v) is 4.01. The van der Waals surface area contributed by atoms with E-state index in [-0.39, 0.29) is 23.8 Å². The Bertz CT molecular complexity index is 1210. The summed E-state index contributed by atoms with van der Waals surface area (Å²) in [5.41, 5.74) is 3.14. The van der Waals surface area contributed by atoms with Crippen molar-refractivity contribution in [1.82, 2.24) is 4.90 Å². The maximum atomic E-state index is 13.2. The van der Waals surface area contributed by atoms with E-state index in [1.165, 1.54) is 0 Å². The van der Waals surface area contributed by atoms with Crippen LogP contribution >= 0.6 is 0 Å². The molecule has 1 fully saturated rings. The lowest BCUT2D eigenvalue weighted by molar-refractivity contribution is -0.124. The molecule has 7 nitrogen and oxygen atoms in total. The standard InChI is InChI=1S/C28H29N3O4/c1-19(21-11-6-13-23(17-21)29-26(32)20-9-4-3-5-10-20)31(2)28(34)22-12-7-14-24(18-22)30-27(33)25-15-8-16-35-25/h3-7,9-14,17-19,25H,8,15-16H2,1-2H3,(H,29,32)(H,30,33). The van der Waals surface area contributed by atoms with E-state index >= 15 is 0 Å². The first-order valence-corrected chi connectivity index (χ1v) is 11.7. The quantitative estimate of drug-likeness (QED) is 0.514. The molecule has 3 aromatic carbocycles. The summed E-state index contributed by atoms with van der Waals surface area (Å²) < 4.78 is 5.43. The molecule has 2 unspecified atom stereocenters. The maximum absolute atomic E-state index is 13.2. The van der Waals surface area contributed by atoms with E-state index in [1.807, 2.05) is 49.4 Å². The molecule has 180 valence electrons. The summed E-state index contributed by atoms with van der Waals surface area (Å²) in [6.07, 6.45) is 1.14. The molecule has 4 rings (SSSR count). The second-order valence-corrected chi connectivity index (χ2v) is 8.61. The van der Waals surface area contributed by atoms with Crippen molar-refractivity contribution in [3.05, 3.63) is 95.6 Å². The van der Waals surface area contributed by atoms with Crippen molar-refractivity contribution in [1.29, 1.82) is 0 Å². The lowest BCUT2D eigenvalue weighted by Crippen LogP contribution is -2.30. The molecule has 0 spiro atoms. The SMILES string of the molecule is CC(c1cccc(NC(=O)c2ccccc2)c1)N(C)C(=O)c1cccc(NC(=O)C2CCCO2)c1. The van der Waals surface area contributed by atoms with Crippen LogP contribution in [0.5, 0.6) is 0 Å². The highest BCUT2D eigenvalue weighted by Crippen LogP contribution is 2.25. The van der Waals surface area contributed by atoms with Crippen LogP contribution in [0, 0.1) is 0 Å². The third kappa shape index (κ3) is 5.94.